The smallest absolute Gasteiger partial charge is 0.387 e. The van der Waals surface area contributed by atoms with Crippen LogP contribution in [0.4, 0.5) is 29.3 Å². The fourth-order valence-corrected chi connectivity index (χ4v) is 8.50. The van der Waals surface area contributed by atoms with E-state index in [9.17, 15) is 27.6 Å². The van der Waals surface area contributed by atoms with Crippen molar-refractivity contribution in [2.24, 2.45) is 5.92 Å². The first-order chi connectivity index (χ1) is 24.4. The molecule has 2 aromatic carbocycles. The number of nitrogens with zero attached hydrogens (tertiary/aromatic N) is 5. The predicted molar refractivity (Wildman–Crippen MR) is 192 cm³/mol. The predicted octanol–water partition coefficient (Wildman–Crippen LogP) is 4.92. The highest BCUT2D eigenvalue weighted by molar-refractivity contribution is 5.91. The van der Waals surface area contributed by atoms with Crippen LogP contribution in [0.15, 0.2) is 36.4 Å². The molecule has 278 valence electrons. The lowest BCUT2D eigenvalue weighted by atomic mass is 9.90. The maximum Gasteiger partial charge on any atom is 0.418 e. The first-order valence-corrected chi connectivity index (χ1v) is 18.4. The molecule has 51 heavy (non-hydrogen) atoms. The second-order valence-electron chi connectivity index (χ2n) is 14.7. The van der Waals surface area contributed by atoms with Gasteiger partial charge in [-0.1, -0.05) is 24.3 Å². The molecule has 0 saturated carbocycles. The van der Waals surface area contributed by atoms with E-state index in [1.807, 2.05) is 34.1 Å². The number of urea groups is 1. The molecule has 4 heterocycles. The molecule has 0 aliphatic carbocycles. The molecule has 2 aromatic rings. The molecule has 1 atom stereocenters. The lowest BCUT2D eigenvalue weighted by Gasteiger charge is -2.43. The average Bonchev–Trinajstić information content (AvgIpc) is 3.29. The Morgan fingerprint density at radius 2 is 1.57 bits per heavy atom. The van der Waals surface area contributed by atoms with E-state index in [0.29, 0.717) is 62.7 Å². The summed E-state index contributed by atoms with van der Waals surface area (Å²) in [5.74, 6) is -1.14. The highest BCUT2D eigenvalue weighted by Gasteiger charge is 2.38. The van der Waals surface area contributed by atoms with Crippen molar-refractivity contribution >= 4 is 29.2 Å². The Kier molecular flexibility index (Phi) is 11.5. The van der Waals surface area contributed by atoms with E-state index in [0.717, 1.165) is 62.8 Å². The summed E-state index contributed by atoms with van der Waals surface area (Å²) in [6.07, 6.45) is -0.439. The Morgan fingerprint density at radius 1 is 0.902 bits per heavy atom. The van der Waals surface area contributed by atoms with Gasteiger partial charge in [0, 0.05) is 82.7 Å². The molecule has 10 nitrogen and oxygen atoms in total. The van der Waals surface area contributed by atoms with Crippen LogP contribution in [0.5, 0.6) is 0 Å². The molecule has 6 rings (SSSR count). The number of benzene rings is 2. The van der Waals surface area contributed by atoms with Gasteiger partial charge in [0.05, 0.1) is 11.5 Å². The zero-order chi connectivity index (χ0) is 36.3. The van der Waals surface area contributed by atoms with E-state index in [4.69, 9.17) is 0 Å². The number of alkyl halides is 3. The molecule has 0 unspecified atom stereocenters. The maximum absolute atomic E-state index is 14.2. The molecule has 4 aliphatic heterocycles. The van der Waals surface area contributed by atoms with Gasteiger partial charge >= 0.3 is 12.2 Å². The Morgan fingerprint density at radius 3 is 2.24 bits per heavy atom. The third-order valence-corrected chi connectivity index (χ3v) is 11.4. The van der Waals surface area contributed by atoms with Gasteiger partial charge in [0.1, 0.15) is 0 Å². The molecule has 0 bridgehead atoms. The van der Waals surface area contributed by atoms with Crippen molar-refractivity contribution in [2.45, 2.75) is 70.1 Å². The zero-order valence-corrected chi connectivity index (χ0v) is 30.1. The summed E-state index contributed by atoms with van der Waals surface area (Å²) in [7, 11) is 3.60. The first kappa shape index (κ1) is 36.9. The standard InChI is InChI=1S/C38H52F3N7O3/c1-26-22-27(24-32(35(26)42-2)38(39,40)41)23-29(36(50)47-20-18-45(19-21-47)30-9-13-44(3)14-10-30)25-34(49)46-15-11-31(12-16-46)48-17-8-28-6-4-5-7-33(28)43-37(48)51/h4-7,22,24,29-31,42H,8-21,23,25H2,1-3H3,(H,43,51)/t29-/m0/s1. The van der Waals surface area contributed by atoms with Crippen molar-refractivity contribution in [3.63, 3.8) is 0 Å². The van der Waals surface area contributed by atoms with Crippen molar-refractivity contribution in [2.75, 3.05) is 83.6 Å². The van der Waals surface area contributed by atoms with Crippen LogP contribution < -0.4 is 10.6 Å². The zero-order valence-electron chi connectivity index (χ0n) is 30.1. The highest BCUT2D eigenvalue weighted by Crippen LogP contribution is 2.38. The number of fused-ring (bicyclic) bond motifs is 1. The Labute approximate surface area is 299 Å². The normalized spacial score (nSPS) is 20.8. The molecule has 4 aliphatic rings. The molecule has 3 saturated heterocycles. The monoisotopic (exact) mass is 711 g/mol. The van der Waals surface area contributed by atoms with Crippen LogP contribution in [0.25, 0.3) is 0 Å². The fraction of sp³-hybridized carbons (Fsp3) is 0.605. The molecule has 0 spiro atoms. The summed E-state index contributed by atoms with van der Waals surface area (Å²) in [6.45, 7) is 7.79. The number of hydrogen-bond acceptors (Lipinski definition) is 6. The molecule has 4 amide bonds. The second kappa shape index (κ2) is 15.8. The van der Waals surface area contributed by atoms with Gasteiger partial charge in [0.25, 0.3) is 0 Å². The van der Waals surface area contributed by atoms with Crippen LogP contribution in [0.1, 0.15) is 54.4 Å². The van der Waals surface area contributed by atoms with E-state index in [2.05, 4.69) is 27.5 Å². The first-order valence-electron chi connectivity index (χ1n) is 18.4. The summed E-state index contributed by atoms with van der Waals surface area (Å²) < 4.78 is 42.4. The number of carbonyl (C=O) groups excluding carboxylic acids is 3. The molecular weight excluding hydrogens is 659 g/mol. The van der Waals surface area contributed by atoms with E-state index in [1.165, 1.54) is 7.05 Å². The van der Waals surface area contributed by atoms with Gasteiger partial charge in [-0.15, -0.1) is 0 Å². The number of piperidine rings is 2. The number of para-hydroxylation sites is 1. The topological polar surface area (TPSA) is 91.5 Å². The molecule has 3 fully saturated rings. The molecular formula is C38H52F3N7O3. The Bertz CT molecular complexity index is 1560. The van der Waals surface area contributed by atoms with Crippen molar-refractivity contribution in [3.8, 4) is 0 Å². The number of piperazine rings is 1. The summed E-state index contributed by atoms with van der Waals surface area (Å²) >= 11 is 0. The second-order valence-corrected chi connectivity index (χ2v) is 14.7. The lowest BCUT2D eigenvalue weighted by molar-refractivity contribution is -0.143. The highest BCUT2D eigenvalue weighted by atomic mass is 19.4. The van der Waals surface area contributed by atoms with Gasteiger partial charge in [0.15, 0.2) is 0 Å². The Balaban J connectivity index is 1.13. The Hall–Kier alpha value is -3.84. The van der Waals surface area contributed by atoms with E-state index in [-0.39, 0.29) is 42.4 Å². The van der Waals surface area contributed by atoms with Crippen LogP contribution in [0.2, 0.25) is 0 Å². The van der Waals surface area contributed by atoms with E-state index >= 15 is 0 Å². The summed E-state index contributed by atoms with van der Waals surface area (Å²) in [6, 6.07) is 11.0. The number of anilines is 2. The third kappa shape index (κ3) is 8.63. The average molecular weight is 712 g/mol. The number of amides is 4. The number of hydrogen-bond donors (Lipinski definition) is 2. The van der Waals surface area contributed by atoms with Gasteiger partial charge in [-0.3, -0.25) is 14.5 Å². The summed E-state index contributed by atoms with van der Waals surface area (Å²) in [5, 5.41) is 5.71. The van der Waals surface area contributed by atoms with Crippen molar-refractivity contribution in [1.82, 2.24) is 24.5 Å². The number of halogens is 3. The molecule has 0 radical (unpaired) electrons. The minimum absolute atomic E-state index is 0.0140. The van der Waals surface area contributed by atoms with Crippen molar-refractivity contribution in [1.29, 1.82) is 0 Å². The van der Waals surface area contributed by atoms with E-state index < -0.39 is 17.7 Å². The molecule has 13 heteroatoms. The number of aryl methyl sites for hydroxylation is 1. The number of rotatable bonds is 8. The number of likely N-dealkylation sites (tertiary alicyclic amines) is 2. The van der Waals surface area contributed by atoms with Gasteiger partial charge in [-0.2, -0.15) is 13.2 Å². The van der Waals surface area contributed by atoms with Crippen LogP contribution in [-0.2, 0) is 28.6 Å². The van der Waals surface area contributed by atoms with Crippen molar-refractivity contribution < 1.29 is 27.6 Å². The van der Waals surface area contributed by atoms with Gasteiger partial charge in [-0.25, -0.2) is 4.79 Å². The largest absolute Gasteiger partial charge is 0.418 e. The maximum atomic E-state index is 14.2. The van der Waals surface area contributed by atoms with Crippen LogP contribution in [0, 0.1) is 12.8 Å². The van der Waals surface area contributed by atoms with E-state index in [1.54, 1.807) is 17.9 Å². The SMILES string of the molecule is CNc1c(C)cc(C[C@@H](CC(=O)N2CCC(N3CCc4ccccc4NC3=O)CC2)C(=O)N2CCN(C3CCN(C)CC3)CC2)cc1C(F)(F)F. The fourth-order valence-electron chi connectivity index (χ4n) is 8.50. The summed E-state index contributed by atoms with van der Waals surface area (Å²) in [5.41, 5.74) is 2.00. The lowest BCUT2D eigenvalue weighted by Crippen LogP contribution is -2.55. The van der Waals surface area contributed by atoms with Crippen LogP contribution in [0.3, 0.4) is 0 Å². The quantitative estimate of drug-likeness (QED) is 0.404. The van der Waals surface area contributed by atoms with Crippen molar-refractivity contribution in [3.05, 3.63) is 58.7 Å². The van der Waals surface area contributed by atoms with Crippen LogP contribution >= 0.6 is 0 Å². The number of nitrogens with one attached hydrogen (secondary N) is 2. The molecule has 0 aromatic heterocycles. The third-order valence-electron chi connectivity index (χ3n) is 11.4. The van der Waals surface area contributed by atoms with Gasteiger partial charge in [0.2, 0.25) is 11.8 Å². The minimum Gasteiger partial charge on any atom is -0.387 e. The summed E-state index contributed by atoms with van der Waals surface area (Å²) in [4.78, 5) is 51.4. The number of carbonyl (C=O) groups is 3. The minimum atomic E-state index is -4.57. The van der Waals surface area contributed by atoms with Gasteiger partial charge < -0.3 is 30.2 Å². The molecule has 2 N–H and O–H groups in total. The van der Waals surface area contributed by atoms with Gasteiger partial charge in [-0.05, 0) is 94.4 Å². The van der Waals surface area contributed by atoms with Crippen LogP contribution in [-0.4, -0.2) is 127 Å².